The topological polar surface area (TPSA) is 141 Å². The maximum atomic E-state index is 11.6. The minimum absolute atomic E-state index is 0. The smallest absolute Gasteiger partial charge is 0.870 e. The van der Waals surface area contributed by atoms with Crippen LogP contribution in [0.4, 0.5) is 0 Å². The van der Waals surface area contributed by atoms with Crippen LogP contribution in [0.1, 0.15) is 17.1 Å². The van der Waals surface area contributed by atoms with Crippen LogP contribution in [0.5, 0.6) is 17.2 Å². The maximum absolute atomic E-state index is 11.6. The first-order valence-corrected chi connectivity index (χ1v) is 14.3. The van der Waals surface area contributed by atoms with E-state index in [1.807, 2.05) is 39.0 Å². The van der Waals surface area contributed by atoms with Crippen LogP contribution in [0.3, 0.4) is 0 Å². The largest absolute Gasteiger partial charge is 3.00 e. The quantitative estimate of drug-likeness (QED) is 0.143. The molecule has 231 valence electrons. The van der Waals surface area contributed by atoms with Crippen LogP contribution in [0, 0.1) is 58.9 Å². The van der Waals surface area contributed by atoms with Gasteiger partial charge in [0.05, 0.1) is 31.6 Å². The molecule has 0 saturated heterocycles. The van der Waals surface area contributed by atoms with E-state index in [0.29, 0.717) is 47.8 Å². The Bertz CT molecular complexity index is 1770. The van der Waals surface area contributed by atoms with Crippen molar-refractivity contribution in [3.63, 3.8) is 0 Å². The fourth-order valence-electron chi connectivity index (χ4n) is 3.87. The van der Waals surface area contributed by atoms with Crippen molar-refractivity contribution >= 4 is 102 Å². The van der Waals surface area contributed by atoms with Crippen LogP contribution >= 0.6 is 69.6 Å². The Kier molecular flexibility index (Phi) is 14.2. The van der Waals surface area contributed by atoms with Crippen molar-refractivity contribution in [2.24, 2.45) is 0 Å². The van der Waals surface area contributed by atoms with Gasteiger partial charge in [-0.05, 0) is 75.4 Å². The molecule has 14 heteroatoms. The predicted molar refractivity (Wildman–Crippen MR) is 173 cm³/mol. The van der Waals surface area contributed by atoms with Gasteiger partial charge in [0.1, 0.15) is 0 Å². The van der Waals surface area contributed by atoms with Gasteiger partial charge in [-0.3, -0.25) is 15.0 Å². The second-order valence-corrected chi connectivity index (χ2v) is 11.5. The second kappa shape index (κ2) is 16.2. The van der Waals surface area contributed by atoms with Crippen molar-refractivity contribution in [2.45, 2.75) is 20.8 Å². The number of hydrogen-bond donors (Lipinski definition) is 0. The summed E-state index contributed by atoms with van der Waals surface area (Å²) in [6.45, 7) is 5.44. The van der Waals surface area contributed by atoms with E-state index >= 15 is 0 Å². The fraction of sp³-hybridized carbons (Fsp3) is 0.100. The van der Waals surface area contributed by atoms with Crippen molar-refractivity contribution in [2.75, 3.05) is 0 Å². The average molecular weight is 863 g/mol. The van der Waals surface area contributed by atoms with E-state index in [9.17, 15) is 15.3 Å². The summed E-state index contributed by atoms with van der Waals surface area (Å²) in [4.78, 5) is 12.3. The Morgan fingerprint density at radius 3 is 0.886 bits per heavy atom. The number of aromatic nitrogens is 3. The SMILES string of the molecule is Cc1ccc2c(Cl)cc(Cl)c([O-])c2n1.Cc1ccc2c(Cl)cc(Cl)c([O-])c2n1.Cc1ccc2c(Cl)cc(Cl)c([O-])c2n1.[Dy+3].[OH3+]. The first-order valence-electron chi connectivity index (χ1n) is 12.1. The van der Waals surface area contributed by atoms with E-state index in [4.69, 9.17) is 69.6 Å². The summed E-state index contributed by atoms with van der Waals surface area (Å²) in [7, 11) is 0. The van der Waals surface area contributed by atoms with Gasteiger partial charge >= 0.3 is 38.2 Å². The number of pyridine rings is 3. The number of fused-ring (bicyclic) bond motifs is 3. The van der Waals surface area contributed by atoms with E-state index < -0.39 is 0 Å². The van der Waals surface area contributed by atoms with Gasteiger partial charge in [-0.1, -0.05) is 86.9 Å². The Labute approximate surface area is 313 Å². The molecule has 0 aliphatic heterocycles. The average Bonchev–Trinajstić information content (AvgIpc) is 2.94. The fourth-order valence-corrected chi connectivity index (χ4v) is 5.42. The third-order valence-electron chi connectivity index (χ3n) is 5.93. The molecule has 1 radical (unpaired) electrons. The number of halogens is 6. The Morgan fingerprint density at radius 1 is 0.432 bits per heavy atom. The molecule has 3 aromatic carbocycles. The second-order valence-electron chi connectivity index (χ2n) is 9.05. The van der Waals surface area contributed by atoms with Crippen LogP contribution in [0.25, 0.3) is 32.7 Å². The van der Waals surface area contributed by atoms with Crippen LogP contribution in [-0.4, -0.2) is 15.0 Å². The molecule has 3 heterocycles. The van der Waals surface area contributed by atoms with Crippen molar-refractivity contribution in [3.05, 3.63) is 102 Å². The minimum Gasteiger partial charge on any atom is -0.870 e. The summed E-state index contributed by atoms with van der Waals surface area (Å²) in [6.07, 6.45) is 0. The molecule has 0 saturated carbocycles. The molecular formula is C30H21Cl6DyN3O4+. The normalized spacial score (nSPS) is 10.3. The number of hydrogen-bond acceptors (Lipinski definition) is 6. The number of benzene rings is 3. The number of aryl methyl sites for hydroxylation is 3. The molecule has 0 aliphatic rings. The van der Waals surface area contributed by atoms with Crippen LogP contribution in [-0.2, 0) is 5.48 Å². The van der Waals surface area contributed by atoms with Gasteiger partial charge in [-0.15, -0.1) is 0 Å². The number of nitrogens with zero attached hydrogens (tertiary/aromatic N) is 3. The van der Waals surface area contributed by atoms with E-state index in [1.54, 1.807) is 18.2 Å². The van der Waals surface area contributed by atoms with Gasteiger partial charge in [0.15, 0.2) is 0 Å². The first-order chi connectivity index (χ1) is 19.8. The molecule has 6 aromatic rings. The third kappa shape index (κ3) is 8.54. The molecule has 0 amide bonds. The van der Waals surface area contributed by atoms with Gasteiger partial charge in [-0.25, -0.2) is 0 Å². The molecule has 6 rings (SSSR count). The van der Waals surface area contributed by atoms with Crippen LogP contribution in [0.15, 0.2) is 54.6 Å². The summed E-state index contributed by atoms with van der Waals surface area (Å²) < 4.78 is 0. The molecule has 0 aliphatic carbocycles. The molecule has 0 atom stereocenters. The third-order valence-corrected chi connectivity index (χ3v) is 7.71. The zero-order valence-electron chi connectivity index (χ0n) is 22.9. The summed E-state index contributed by atoms with van der Waals surface area (Å²) >= 11 is 34.9. The van der Waals surface area contributed by atoms with E-state index in [1.165, 1.54) is 18.2 Å². The molecule has 7 nitrogen and oxygen atoms in total. The molecule has 3 aromatic heterocycles. The summed E-state index contributed by atoms with van der Waals surface area (Å²) in [5.41, 5.74) is 3.32. The summed E-state index contributed by atoms with van der Waals surface area (Å²) in [6, 6.07) is 15.1. The molecule has 0 bridgehead atoms. The molecule has 0 spiro atoms. The Hall–Kier alpha value is -1.74. The van der Waals surface area contributed by atoms with Gasteiger partial charge < -0.3 is 20.8 Å². The molecular weight excluding hydrogens is 842 g/mol. The van der Waals surface area contributed by atoms with Crippen molar-refractivity contribution in [3.8, 4) is 17.2 Å². The maximum Gasteiger partial charge on any atom is 3.00 e. The van der Waals surface area contributed by atoms with Crippen LogP contribution < -0.4 is 15.3 Å². The molecule has 44 heavy (non-hydrogen) atoms. The molecule has 0 unspecified atom stereocenters. The first kappa shape index (κ1) is 38.4. The van der Waals surface area contributed by atoms with Crippen molar-refractivity contribution < 1.29 is 59.0 Å². The minimum atomic E-state index is -0.269. The van der Waals surface area contributed by atoms with Gasteiger partial charge in [0.25, 0.3) is 0 Å². The van der Waals surface area contributed by atoms with Crippen molar-refractivity contribution in [1.29, 1.82) is 0 Å². The predicted octanol–water partition coefficient (Wildman–Crippen LogP) is 7.85. The van der Waals surface area contributed by atoms with Gasteiger partial charge in [0.2, 0.25) is 0 Å². The zero-order valence-corrected chi connectivity index (χ0v) is 29.5. The van der Waals surface area contributed by atoms with E-state index in [-0.39, 0.29) is 76.0 Å². The van der Waals surface area contributed by atoms with Gasteiger partial charge in [-0.2, -0.15) is 0 Å². The summed E-state index contributed by atoms with van der Waals surface area (Å²) in [5, 5.41) is 38.4. The Balaban J connectivity index is 0.000000225. The standard InChI is InChI=1S/3C10H7Cl2NO.Dy.H2O/c3*1-5-2-3-6-7(11)4-8(12)10(14)9(6)13-5;;/h3*2-4,14H,1H3;;1H2/q;;;+3;/p-2. The molecule has 3 N–H and O–H groups in total. The zero-order chi connectivity index (χ0) is 30.9. The Morgan fingerprint density at radius 2 is 0.659 bits per heavy atom. The molecule has 0 fully saturated rings. The van der Waals surface area contributed by atoms with Crippen molar-refractivity contribution in [1.82, 2.24) is 15.0 Å². The van der Waals surface area contributed by atoms with E-state index in [0.717, 1.165) is 17.1 Å². The monoisotopic (exact) mass is 861 g/mol. The summed E-state index contributed by atoms with van der Waals surface area (Å²) in [5.74, 6) is -0.806. The number of rotatable bonds is 0. The van der Waals surface area contributed by atoms with Gasteiger partial charge in [0, 0.05) is 48.3 Å². The van der Waals surface area contributed by atoms with Crippen LogP contribution in [0.2, 0.25) is 30.1 Å². The van der Waals surface area contributed by atoms with E-state index in [2.05, 4.69) is 15.0 Å².